The maximum Gasteiger partial charge on any atom is 0.308 e. The largest absolute Gasteiger partial charge is 0.496 e. The van der Waals surface area contributed by atoms with Crippen LogP contribution in [0.15, 0.2) is 59.8 Å². The van der Waals surface area contributed by atoms with Gasteiger partial charge in [-0.1, -0.05) is 35.5 Å². The van der Waals surface area contributed by atoms with Crippen molar-refractivity contribution in [3.8, 4) is 34.1 Å². The summed E-state index contributed by atoms with van der Waals surface area (Å²) in [6.45, 7) is 2.65. The second-order valence-electron chi connectivity index (χ2n) is 7.42. The van der Waals surface area contributed by atoms with Crippen molar-refractivity contribution in [2.75, 3.05) is 14.2 Å². The van der Waals surface area contributed by atoms with Gasteiger partial charge in [0.2, 0.25) is 0 Å². The number of rotatable bonds is 7. The number of methoxy groups -OCH3 is 2. The SMILES string of the molecule is COc1cccc(OC)c1/C=N/OC1c2c(OC(C)=O)cccc2-c2cccc(OC(C)=O)c21. The molecule has 3 aromatic carbocycles. The summed E-state index contributed by atoms with van der Waals surface area (Å²) in [5, 5.41) is 4.21. The van der Waals surface area contributed by atoms with Crippen LogP contribution < -0.4 is 18.9 Å². The van der Waals surface area contributed by atoms with Gasteiger partial charge in [-0.15, -0.1) is 0 Å². The quantitative estimate of drug-likeness (QED) is 0.218. The fourth-order valence-electron chi connectivity index (χ4n) is 3.99. The molecule has 0 atom stereocenters. The maximum atomic E-state index is 11.8. The van der Waals surface area contributed by atoms with E-state index in [0.717, 1.165) is 11.1 Å². The number of esters is 2. The van der Waals surface area contributed by atoms with Crippen LogP contribution in [0.25, 0.3) is 11.1 Å². The summed E-state index contributed by atoms with van der Waals surface area (Å²) in [7, 11) is 3.10. The van der Waals surface area contributed by atoms with Crippen molar-refractivity contribution in [2.24, 2.45) is 5.16 Å². The van der Waals surface area contributed by atoms with Crippen molar-refractivity contribution >= 4 is 18.2 Å². The van der Waals surface area contributed by atoms with E-state index in [1.165, 1.54) is 20.1 Å². The molecule has 1 aliphatic carbocycles. The van der Waals surface area contributed by atoms with E-state index in [9.17, 15) is 9.59 Å². The van der Waals surface area contributed by atoms with Gasteiger partial charge in [0.1, 0.15) is 23.0 Å². The Morgan fingerprint density at radius 3 is 1.62 bits per heavy atom. The molecule has 0 saturated heterocycles. The minimum absolute atomic E-state index is 0.338. The van der Waals surface area contributed by atoms with Gasteiger partial charge >= 0.3 is 11.9 Å². The summed E-state index contributed by atoms with van der Waals surface area (Å²) in [6.07, 6.45) is 0.686. The Hall–Kier alpha value is -4.33. The summed E-state index contributed by atoms with van der Waals surface area (Å²) in [5.74, 6) is 0.853. The lowest BCUT2D eigenvalue weighted by Gasteiger charge is -2.17. The second kappa shape index (κ2) is 9.66. The smallest absolute Gasteiger partial charge is 0.308 e. The Morgan fingerprint density at radius 2 is 1.18 bits per heavy atom. The first kappa shape index (κ1) is 22.8. The average Bonchev–Trinajstić information content (AvgIpc) is 3.14. The molecule has 0 aromatic heterocycles. The number of oxime groups is 1. The monoisotopic (exact) mass is 461 g/mol. The molecule has 0 fully saturated rings. The van der Waals surface area contributed by atoms with Crippen LogP contribution in [0.4, 0.5) is 0 Å². The third-order valence-electron chi connectivity index (χ3n) is 5.27. The third-order valence-corrected chi connectivity index (χ3v) is 5.27. The molecule has 0 unspecified atom stereocenters. The van der Waals surface area contributed by atoms with Gasteiger partial charge in [-0.25, -0.2) is 0 Å². The molecule has 8 nitrogen and oxygen atoms in total. The molecular formula is C26H23NO7. The Bertz CT molecular complexity index is 1190. The lowest BCUT2D eigenvalue weighted by atomic mass is 10.1. The summed E-state index contributed by atoms with van der Waals surface area (Å²) < 4.78 is 21.7. The zero-order valence-electron chi connectivity index (χ0n) is 19.2. The van der Waals surface area contributed by atoms with Crippen molar-refractivity contribution < 1.29 is 33.4 Å². The first-order valence-electron chi connectivity index (χ1n) is 10.5. The Labute approximate surface area is 196 Å². The summed E-state index contributed by atoms with van der Waals surface area (Å²) in [5.41, 5.74) is 3.39. The van der Waals surface area contributed by atoms with E-state index in [2.05, 4.69) is 5.16 Å². The predicted molar refractivity (Wildman–Crippen MR) is 125 cm³/mol. The first-order chi connectivity index (χ1) is 16.4. The van der Waals surface area contributed by atoms with E-state index in [0.29, 0.717) is 39.7 Å². The van der Waals surface area contributed by atoms with Crippen LogP contribution in [0.2, 0.25) is 0 Å². The van der Waals surface area contributed by atoms with Gasteiger partial charge in [-0.2, -0.15) is 0 Å². The topological polar surface area (TPSA) is 92.7 Å². The van der Waals surface area contributed by atoms with Crippen LogP contribution in [0, 0.1) is 0 Å². The summed E-state index contributed by atoms with van der Waals surface area (Å²) in [6, 6.07) is 16.1. The Morgan fingerprint density at radius 1 is 0.735 bits per heavy atom. The van der Waals surface area contributed by atoms with E-state index in [-0.39, 0.29) is 0 Å². The number of fused-ring (bicyclic) bond motifs is 3. The highest BCUT2D eigenvalue weighted by Crippen LogP contribution is 2.52. The molecular weight excluding hydrogens is 438 g/mol. The van der Waals surface area contributed by atoms with E-state index in [1.807, 2.05) is 12.1 Å². The van der Waals surface area contributed by atoms with Gasteiger partial charge in [0.25, 0.3) is 0 Å². The molecule has 1 aliphatic rings. The minimum Gasteiger partial charge on any atom is -0.496 e. The average molecular weight is 461 g/mol. The van der Waals surface area contributed by atoms with E-state index in [1.54, 1.807) is 56.7 Å². The number of hydrogen-bond donors (Lipinski definition) is 0. The highest BCUT2D eigenvalue weighted by molar-refractivity contribution is 5.88. The number of benzene rings is 3. The summed E-state index contributed by atoms with van der Waals surface area (Å²) in [4.78, 5) is 29.5. The maximum absolute atomic E-state index is 11.8. The number of carbonyl (C=O) groups excluding carboxylic acids is 2. The highest BCUT2D eigenvalue weighted by Gasteiger charge is 2.37. The van der Waals surface area contributed by atoms with Gasteiger partial charge in [0, 0.05) is 13.8 Å². The normalized spacial score (nSPS) is 12.1. The molecule has 34 heavy (non-hydrogen) atoms. The second-order valence-corrected chi connectivity index (χ2v) is 7.42. The number of carbonyl (C=O) groups is 2. The molecule has 0 heterocycles. The molecule has 0 bridgehead atoms. The molecule has 0 amide bonds. The number of ether oxygens (including phenoxy) is 4. The van der Waals surface area contributed by atoms with Gasteiger partial charge in [-0.05, 0) is 35.4 Å². The third kappa shape index (κ3) is 4.30. The Balaban J connectivity index is 1.81. The predicted octanol–water partition coefficient (Wildman–Crippen LogP) is 4.67. The molecule has 8 heteroatoms. The van der Waals surface area contributed by atoms with Crippen LogP contribution in [0.5, 0.6) is 23.0 Å². The zero-order valence-corrected chi connectivity index (χ0v) is 19.2. The van der Waals surface area contributed by atoms with Crippen LogP contribution in [-0.4, -0.2) is 32.4 Å². The molecule has 0 saturated carbocycles. The number of hydrogen-bond acceptors (Lipinski definition) is 8. The van der Waals surface area contributed by atoms with E-state index >= 15 is 0 Å². The molecule has 0 spiro atoms. The van der Waals surface area contributed by atoms with Crippen molar-refractivity contribution in [2.45, 2.75) is 20.0 Å². The summed E-state index contributed by atoms with van der Waals surface area (Å²) >= 11 is 0. The Kier molecular flexibility index (Phi) is 6.49. The standard InChI is InChI=1S/C26H23NO7/c1-15(28)32-22-12-5-8-17-18-9-6-13-23(33-16(2)29)25(18)26(24(17)22)34-27-14-19-20(30-3)10-7-11-21(19)31-4/h5-14,26H,1-4H3/b27-14+. The van der Waals surface area contributed by atoms with E-state index in [4.69, 9.17) is 23.8 Å². The molecule has 0 aliphatic heterocycles. The number of nitrogens with zero attached hydrogens (tertiary/aromatic N) is 1. The van der Waals surface area contributed by atoms with Crippen molar-refractivity contribution in [3.63, 3.8) is 0 Å². The molecule has 174 valence electrons. The lowest BCUT2D eigenvalue weighted by Crippen LogP contribution is -2.09. The van der Waals surface area contributed by atoms with Crippen LogP contribution in [0.3, 0.4) is 0 Å². The first-order valence-corrected chi connectivity index (χ1v) is 10.5. The van der Waals surface area contributed by atoms with Crippen molar-refractivity contribution in [1.82, 2.24) is 0 Å². The van der Waals surface area contributed by atoms with Crippen molar-refractivity contribution in [3.05, 3.63) is 71.3 Å². The van der Waals surface area contributed by atoms with Crippen LogP contribution in [0.1, 0.15) is 36.6 Å². The molecule has 4 rings (SSSR count). The molecule has 0 radical (unpaired) electrons. The van der Waals surface area contributed by atoms with Gasteiger partial charge < -0.3 is 23.8 Å². The van der Waals surface area contributed by atoms with Gasteiger partial charge in [0.05, 0.1) is 37.1 Å². The zero-order chi connectivity index (χ0) is 24.2. The fraction of sp³-hybridized carbons (Fsp3) is 0.192. The van der Waals surface area contributed by atoms with Crippen molar-refractivity contribution in [1.29, 1.82) is 0 Å². The fourth-order valence-corrected chi connectivity index (χ4v) is 3.99. The van der Waals surface area contributed by atoms with Crippen LogP contribution in [-0.2, 0) is 14.4 Å². The van der Waals surface area contributed by atoms with E-state index < -0.39 is 18.0 Å². The van der Waals surface area contributed by atoms with Gasteiger partial charge in [0.15, 0.2) is 6.10 Å². The lowest BCUT2D eigenvalue weighted by molar-refractivity contribution is -0.132. The molecule has 0 N–H and O–H groups in total. The van der Waals surface area contributed by atoms with Crippen LogP contribution >= 0.6 is 0 Å². The minimum atomic E-state index is -0.798. The highest BCUT2D eigenvalue weighted by atomic mass is 16.6. The molecule has 3 aromatic rings. The van der Waals surface area contributed by atoms with Gasteiger partial charge in [-0.3, -0.25) is 9.59 Å².